The molecular formula is C26H41FO3S2. The molecule has 182 valence electrons. The molecule has 1 atom stereocenters. The van der Waals surface area contributed by atoms with Crippen LogP contribution in [-0.4, -0.2) is 24.1 Å². The van der Waals surface area contributed by atoms with Gasteiger partial charge in [0.1, 0.15) is 10.7 Å². The van der Waals surface area contributed by atoms with Crippen LogP contribution in [-0.2, 0) is 27.1 Å². The zero-order chi connectivity index (χ0) is 24.9. The molecule has 32 heavy (non-hydrogen) atoms. The second-order valence-corrected chi connectivity index (χ2v) is 12.6. The van der Waals surface area contributed by atoms with Crippen molar-refractivity contribution in [2.45, 2.75) is 84.3 Å². The topological polar surface area (TPSA) is 51.2 Å². The monoisotopic (exact) mass is 484 g/mol. The van der Waals surface area contributed by atoms with Gasteiger partial charge in [-0.25, -0.2) is 12.8 Å². The van der Waals surface area contributed by atoms with E-state index in [4.69, 9.17) is 0 Å². The molecule has 0 heterocycles. The van der Waals surface area contributed by atoms with Crippen molar-refractivity contribution >= 4 is 20.6 Å². The number of rotatable bonds is 6. The van der Waals surface area contributed by atoms with E-state index in [0.29, 0.717) is 5.25 Å². The van der Waals surface area contributed by atoms with Gasteiger partial charge in [-0.1, -0.05) is 72.2 Å². The van der Waals surface area contributed by atoms with E-state index in [9.17, 15) is 17.0 Å². The molecule has 1 aliphatic rings. The third-order valence-corrected chi connectivity index (χ3v) is 7.02. The molecule has 1 aliphatic carbocycles. The number of allylic oxidation sites excluding steroid dienone is 5. The van der Waals surface area contributed by atoms with Gasteiger partial charge in [-0.2, -0.15) is 0 Å². The van der Waals surface area contributed by atoms with Crippen LogP contribution >= 0.6 is 0 Å². The van der Waals surface area contributed by atoms with Crippen LogP contribution in [0.1, 0.15) is 73.3 Å². The summed E-state index contributed by atoms with van der Waals surface area (Å²) < 4.78 is 48.0. The largest absolute Gasteiger partial charge is 0.254 e. The van der Waals surface area contributed by atoms with E-state index in [1.807, 2.05) is 32.9 Å². The third-order valence-electron chi connectivity index (χ3n) is 4.07. The Hall–Kier alpha value is -1.53. The molecule has 0 bridgehead atoms. The average molecular weight is 485 g/mol. The maximum atomic E-state index is 13.6. The molecule has 0 N–H and O–H groups in total. The summed E-state index contributed by atoms with van der Waals surface area (Å²) in [6, 6.07) is 8.17. The number of benzene rings is 1. The van der Waals surface area contributed by atoms with E-state index in [1.54, 1.807) is 13.0 Å². The zero-order valence-corrected chi connectivity index (χ0v) is 22.6. The molecule has 1 fully saturated rings. The summed E-state index contributed by atoms with van der Waals surface area (Å²) in [5.41, 5.74) is 1.13. The Morgan fingerprint density at radius 2 is 1.59 bits per heavy atom. The maximum Gasteiger partial charge on any atom is 0.178 e. The zero-order valence-electron chi connectivity index (χ0n) is 20.9. The van der Waals surface area contributed by atoms with E-state index in [-0.39, 0.29) is 10.3 Å². The molecule has 1 saturated carbocycles. The molecule has 0 aromatic heterocycles. The van der Waals surface area contributed by atoms with Crippen LogP contribution in [0.2, 0.25) is 0 Å². The van der Waals surface area contributed by atoms with Crippen molar-refractivity contribution in [2.75, 3.05) is 6.26 Å². The smallest absolute Gasteiger partial charge is 0.178 e. The van der Waals surface area contributed by atoms with Gasteiger partial charge in [-0.05, 0) is 61.4 Å². The van der Waals surface area contributed by atoms with E-state index >= 15 is 0 Å². The lowest BCUT2D eigenvalue weighted by Gasteiger charge is -2.10. The Morgan fingerprint density at radius 3 is 1.94 bits per heavy atom. The predicted molar refractivity (Wildman–Crippen MR) is 138 cm³/mol. The summed E-state index contributed by atoms with van der Waals surface area (Å²) in [7, 11) is -4.26. The fraction of sp³-hybridized carbons (Fsp3) is 0.538. The van der Waals surface area contributed by atoms with Gasteiger partial charge in [0.25, 0.3) is 0 Å². The highest BCUT2D eigenvalue weighted by molar-refractivity contribution is 7.94. The second-order valence-electron chi connectivity index (χ2n) is 8.89. The van der Waals surface area contributed by atoms with Crippen molar-refractivity contribution < 1.29 is 17.0 Å². The van der Waals surface area contributed by atoms with Crippen LogP contribution in [0.25, 0.3) is 0 Å². The Balaban J connectivity index is 0.000000540. The molecule has 1 aromatic rings. The normalized spacial score (nSPS) is 16.0. The number of hydrogen-bond donors (Lipinski definition) is 0. The van der Waals surface area contributed by atoms with Gasteiger partial charge in [0.15, 0.2) is 9.84 Å². The first kappa shape index (κ1) is 30.5. The highest BCUT2D eigenvalue weighted by Crippen LogP contribution is 2.30. The van der Waals surface area contributed by atoms with Gasteiger partial charge in [-0.3, -0.25) is 4.21 Å². The summed E-state index contributed by atoms with van der Waals surface area (Å²) in [6.45, 7) is 13.8. The highest BCUT2D eigenvalue weighted by atomic mass is 32.2. The van der Waals surface area contributed by atoms with Gasteiger partial charge < -0.3 is 0 Å². The number of hydrogen-bond acceptors (Lipinski definition) is 3. The van der Waals surface area contributed by atoms with Crippen LogP contribution in [0.4, 0.5) is 4.39 Å². The van der Waals surface area contributed by atoms with Crippen LogP contribution < -0.4 is 0 Å². The molecule has 0 saturated heterocycles. The molecule has 6 heteroatoms. The minimum atomic E-state index is -3.53. The van der Waals surface area contributed by atoms with Crippen molar-refractivity contribution in [1.29, 1.82) is 0 Å². The van der Waals surface area contributed by atoms with Gasteiger partial charge in [0.05, 0.1) is 10.8 Å². The van der Waals surface area contributed by atoms with E-state index in [1.165, 1.54) is 30.2 Å². The molecule has 0 amide bonds. The molecule has 1 unspecified atom stereocenters. The lowest BCUT2D eigenvalue weighted by molar-refractivity contribution is 0.539. The lowest BCUT2D eigenvalue weighted by Crippen LogP contribution is -2.02. The first-order chi connectivity index (χ1) is 14.8. The third kappa shape index (κ3) is 13.1. The van der Waals surface area contributed by atoms with Crippen molar-refractivity contribution in [2.24, 2.45) is 5.41 Å². The van der Waals surface area contributed by atoms with Crippen molar-refractivity contribution in [3.05, 3.63) is 64.9 Å². The van der Waals surface area contributed by atoms with Crippen LogP contribution in [0, 0.1) is 5.41 Å². The molecule has 0 aliphatic heterocycles. The molecular weight excluding hydrogens is 443 g/mol. The van der Waals surface area contributed by atoms with E-state index in [0.717, 1.165) is 30.4 Å². The van der Waals surface area contributed by atoms with Gasteiger partial charge >= 0.3 is 0 Å². The van der Waals surface area contributed by atoms with Crippen LogP contribution in [0.3, 0.4) is 0 Å². The van der Waals surface area contributed by atoms with Gasteiger partial charge in [-0.15, -0.1) is 0 Å². The number of halogens is 1. The van der Waals surface area contributed by atoms with Crippen LogP contribution in [0.15, 0.2) is 64.2 Å². The summed E-state index contributed by atoms with van der Waals surface area (Å²) in [5.74, 6) is -0.726. The van der Waals surface area contributed by atoms with E-state index in [2.05, 4.69) is 32.9 Å². The molecule has 1 aromatic carbocycles. The minimum absolute atomic E-state index is 0.185. The first-order valence-electron chi connectivity index (χ1n) is 11.2. The van der Waals surface area contributed by atoms with Crippen LogP contribution in [0.5, 0.6) is 0 Å². The SMILES string of the molecule is CCC.CCc1ccc(S(=O)C2CC2)cc1.C\C=C/C(=C(F)\C=C\C(C)(C)C)S(C)(=O)=O. The Bertz CT molecular complexity index is 899. The predicted octanol–water partition coefficient (Wildman–Crippen LogP) is 7.33. The molecule has 2 rings (SSSR count). The van der Waals surface area contributed by atoms with Crippen molar-refractivity contribution in [1.82, 2.24) is 0 Å². The van der Waals surface area contributed by atoms with Gasteiger partial charge in [0.2, 0.25) is 0 Å². The molecule has 0 radical (unpaired) electrons. The Morgan fingerprint density at radius 1 is 1.09 bits per heavy atom. The standard InChI is InChI=1S/C12H19FO2S.C11H14OS.C3H8/c1-6-7-11(16(5,14)15)10(13)8-9-12(2,3)4;1-2-9-3-5-10(6-4-9)13(12)11-7-8-11;1-3-2/h6-9H,1-5H3;3-6,11H,2,7-8H2,1H3;3H2,1-2H3/b7-6-,9-8+,11-10-;;. The van der Waals surface area contributed by atoms with E-state index < -0.39 is 26.5 Å². The number of sulfone groups is 1. The molecule has 3 nitrogen and oxygen atoms in total. The minimum Gasteiger partial charge on any atom is -0.254 e. The quantitative estimate of drug-likeness (QED) is 0.397. The van der Waals surface area contributed by atoms with Crippen molar-refractivity contribution in [3.8, 4) is 0 Å². The Labute approximate surface area is 198 Å². The fourth-order valence-electron chi connectivity index (χ4n) is 2.27. The summed E-state index contributed by atoms with van der Waals surface area (Å²) >= 11 is 0. The van der Waals surface area contributed by atoms with Crippen molar-refractivity contribution in [3.63, 3.8) is 0 Å². The second kappa shape index (κ2) is 14.6. The average Bonchev–Trinajstić information content (AvgIpc) is 3.55. The highest BCUT2D eigenvalue weighted by Gasteiger charge is 2.29. The summed E-state index contributed by atoms with van der Waals surface area (Å²) in [4.78, 5) is 0.718. The first-order valence-corrected chi connectivity index (χ1v) is 14.3. The Kier molecular flexibility index (Phi) is 13.9. The van der Waals surface area contributed by atoms with Gasteiger partial charge in [0, 0.05) is 16.4 Å². The maximum absolute atomic E-state index is 13.6. The molecule has 0 spiro atoms. The fourth-order valence-corrected chi connectivity index (χ4v) is 4.43. The summed E-state index contributed by atoms with van der Waals surface area (Å²) in [6.07, 6.45) is 11.2. The lowest BCUT2D eigenvalue weighted by atomic mass is 9.96. The summed E-state index contributed by atoms with van der Waals surface area (Å²) in [5, 5.41) is 0.451. The number of aryl methyl sites for hydroxylation is 1.